The fourth-order valence-electron chi connectivity index (χ4n) is 6.00. The fraction of sp³-hybridized carbons (Fsp3) is 0.281. The van der Waals surface area contributed by atoms with Crippen molar-refractivity contribution < 1.29 is 31.3 Å². The minimum atomic E-state index is -4.65. The Morgan fingerprint density at radius 2 is 1.70 bits per heavy atom. The number of carbonyl (C=O) groups is 1. The van der Waals surface area contributed by atoms with Crippen LogP contribution in [0.1, 0.15) is 48.1 Å². The van der Waals surface area contributed by atoms with Crippen LogP contribution in [0.2, 0.25) is 0 Å². The van der Waals surface area contributed by atoms with Crippen molar-refractivity contribution in [1.82, 2.24) is 14.7 Å². The van der Waals surface area contributed by atoms with Crippen molar-refractivity contribution in [3.63, 3.8) is 0 Å². The first kappa shape index (κ1) is 29.3. The minimum absolute atomic E-state index is 0.0100. The van der Waals surface area contributed by atoms with Crippen molar-refractivity contribution in [2.24, 2.45) is 0 Å². The van der Waals surface area contributed by atoms with E-state index in [-0.39, 0.29) is 29.4 Å². The molecule has 228 valence electrons. The van der Waals surface area contributed by atoms with Crippen LogP contribution < -0.4 is 9.80 Å². The molecule has 3 heterocycles. The maximum atomic E-state index is 14.3. The standard InChI is InChI=1S/C32H28F5N5O2/c1-17-30(18(2)44-39-17)19-8-12-27-25(14-19)38-31(42(27)20-10-13-26(40(3)4)22(15-20)32(35,36)37)28-6-5-7-29(43)41(28)21-9-11-23(33)24(34)16-21/h8-16,28H,5-7H2,1-4H3/t28-/m0/s1. The molecule has 1 saturated heterocycles. The van der Waals surface area contributed by atoms with Crippen LogP contribution in [0.3, 0.4) is 0 Å². The Kier molecular flexibility index (Phi) is 7.17. The average Bonchev–Trinajstić information content (AvgIpc) is 3.52. The predicted octanol–water partition coefficient (Wildman–Crippen LogP) is 7.92. The zero-order valence-corrected chi connectivity index (χ0v) is 24.3. The van der Waals surface area contributed by atoms with Gasteiger partial charge in [0.15, 0.2) is 11.6 Å². The molecule has 12 heteroatoms. The average molecular weight is 610 g/mol. The first-order chi connectivity index (χ1) is 20.8. The molecule has 7 nitrogen and oxygen atoms in total. The number of piperidine rings is 1. The van der Waals surface area contributed by atoms with E-state index < -0.39 is 29.4 Å². The number of carbonyl (C=O) groups excluding carboxylic acids is 1. The molecule has 1 fully saturated rings. The van der Waals surface area contributed by atoms with Crippen molar-refractivity contribution in [3.8, 4) is 16.8 Å². The number of aromatic nitrogens is 3. The molecule has 0 saturated carbocycles. The van der Waals surface area contributed by atoms with Crippen LogP contribution in [0.15, 0.2) is 59.1 Å². The van der Waals surface area contributed by atoms with Crippen LogP contribution in [0.4, 0.5) is 33.3 Å². The number of imidazole rings is 1. The fourth-order valence-corrected chi connectivity index (χ4v) is 6.00. The summed E-state index contributed by atoms with van der Waals surface area (Å²) in [7, 11) is 3.07. The molecule has 0 N–H and O–H groups in total. The molecule has 0 radical (unpaired) electrons. The highest BCUT2D eigenvalue weighted by molar-refractivity contribution is 5.95. The third-order valence-corrected chi connectivity index (χ3v) is 7.96. The van der Waals surface area contributed by atoms with E-state index >= 15 is 0 Å². The van der Waals surface area contributed by atoms with Crippen LogP contribution >= 0.6 is 0 Å². The maximum Gasteiger partial charge on any atom is 0.418 e. The van der Waals surface area contributed by atoms with Gasteiger partial charge in [-0.3, -0.25) is 9.36 Å². The summed E-state index contributed by atoms with van der Waals surface area (Å²) < 4.78 is 78.0. The molecule has 1 amide bonds. The third kappa shape index (κ3) is 4.97. The first-order valence-corrected chi connectivity index (χ1v) is 14.0. The predicted molar refractivity (Wildman–Crippen MR) is 156 cm³/mol. The highest BCUT2D eigenvalue weighted by atomic mass is 19.4. The van der Waals surface area contributed by atoms with Gasteiger partial charge in [0, 0.05) is 49.2 Å². The van der Waals surface area contributed by atoms with Gasteiger partial charge in [-0.15, -0.1) is 0 Å². The number of rotatable bonds is 5. The van der Waals surface area contributed by atoms with Gasteiger partial charge in [-0.05, 0) is 74.7 Å². The number of halogens is 5. The van der Waals surface area contributed by atoms with E-state index in [9.17, 15) is 26.7 Å². The van der Waals surface area contributed by atoms with Gasteiger partial charge in [-0.2, -0.15) is 13.2 Å². The second-order valence-electron chi connectivity index (χ2n) is 11.1. The van der Waals surface area contributed by atoms with Crippen LogP contribution in [0.25, 0.3) is 27.8 Å². The Morgan fingerprint density at radius 3 is 2.36 bits per heavy atom. The Balaban J connectivity index is 1.61. The van der Waals surface area contributed by atoms with Crippen molar-refractivity contribution >= 4 is 28.3 Å². The van der Waals surface area contributed by atoms with Crippen molar-refractivity contribution in [2.75, 3.05) is 23.9 Å². The Morgan fingerprint density at radius 1 is 0.955 bits per heavy atom. The smallest absolute Gasteiger partial charge is 0.377 e. The molecular weight excluding hydrogens is 581 g/mol. The zero-order chi connectivity index (χ0) is 31.5. The number of benzene rings is 3. The van der Waals surface area contributed by atoms with E-state index in [1.165, 1.54) is 36.0 Å². The van der Waals surface area contributed by atoms with Gasteiger partial charge in [0.05, 0.1) is 28.3 Å². The summed E-state index contributed by atoms with van der Waals surface area (Å²) in [6, 6.07) is 11.8. The molecule has 6 rings (SSSR count). The summed E-state index contributed by atoms with van der Waals surface area (Å²) in [5.74, 6) is -1.63. The number of hydrogen-bond acceptors (Lipinski definition) is 5. The van der Waals surface area contributed by atoms with E-state index in [1.54, 1.807) is 36.6 Å². The lowest BCUT2D eigenvalue weighted by Gasteiger charge is -2.35. The minimum Gasteiger partial charge on any atom is -0.377 e. The quantitative estimate of drug-likeness (QED) is 0.190. The SMILES string of the molecule is Cc1noc(C)c1-c1ccc2c(c1)nc([C@@H]1CCCC(=O)N1c1ccc(F)c(F)c1)n2-c1ccc(N(C)C)c(C(F)(F)F)c1. The highest BCUT2D eigenvalue weighted by Gasteiger charge is 2.37. The van der Waals surface area contributed by atoms with Crippen molar-refractivity contribution in [2.45, 2.75) is 45.3 Å². The van der Waals surface area contributed by atoms with Crippen LogP contribution in [0, 0.1) is 25.5 Å². The van der Waals surface area contributed by atoms with E-state index in [2.05, 4.69) is 5.16 Å². The Labute approximate surface area is 249 Å². The van der Waals surface area contributed by atoms with Crippen LogP contribution in [0.5, 0.6) is 0 Å². The third-order valence-electron chi connectivity index (χ3n) is 7.96. The molecule has 0 aliphatic carbocycles. The summed E-state index contributed by atoms with van der Waals surface area (Å²) in [6.07, 6.45) is -3.61. The normalized spacial score (nSPS) is 15.8. The lowest BCUT2D eigenvalue weighted by atomic mass is 9.99. The maximum absolute atomic E-state index is 14.3. The number of nitrogens with zero attached hydrogens (tertiary/aromatic N) is 5. The van der Waals surface area contributed by atoms with Gasteiger partial charge >= 0.3 is 6.18 Å². The Hall–Kier alpha value is -4.74. The molecule has 2 aromatic heterocycles. The molecule has 5 aromatic rings. The van der Waals surface area contributed by atoms with Crippen LogP contribution in [-0.2, 0) is 11.0 Å². The number of aryl methyl sites for hydroxylation is 2. The summed E-state index contributed by atoms with van der Waals surface area (Å²) in [6.45, 7) is 3.58. The second kappa shape index (κ2) is 10.8. The molecule has 1 aliphatic heterocycles. The van der Waals surface area contributed by atoms with Gasteiger partial charge < -0.3 is 14.3 Å². The van der Waals surface area contributed by atoms with E-state index in [0.29, 0.717) is 41.2 Å². The summed E-state index contributed by atoms with van der Waals surface area (Å²) in [4.78, 5) is 21.0. The molecule has 1 aliphatic rings. The van der Waals surface area contributed by atoms with Gasteiger partial charge in [0.2, 0.25) is 5.91 Å². The number of hydrogen-bond donors (Lipinski definition) is 0. The molecule has 1 atom stereocenters. The molecular formula is C32H28F5N5O2. The number of anilines is 2. The van der Waals surface area contributed by atoms with E-state index in [0.717, 1.165) is 29.3 Å². The van der Waals surface area contributed by atoms with Crippen LogP contribution in [-0.4, -0.2) is 34.7 Å². The summed E-state index contributed by atoms with van der Waals surface area (Å²) in [5, 5.41) is 4.02. The lowest BCUT2D eigenvalue weighted by Crippen LogP contribution is -2.39. The number of amides is 1. The monoisotopic (exact) mass is 609 g/mol. The van der Waals surface area contributed by atoms with Gasteiger partial charge in [0.1, 0.15) is 11.6 Å². The lowest BCUT2D eigenvalue weighted by molar-refractivity contribution is -0.137. The number of fused-ring (bicyclic) bond motifs is 1. The zero-order valence-electron chi connectivity index (χ0n) is 24.3. The van der Waals surface area contributed by atoms with E-state index in [4.69, 9.17) is 9.51 Å². The number of alkyl halides is 3. The van der Waals surface area contributed by atoms with Gasteiger partial charge in [-0.25, -0.2) is 13.8 Å². The van der Waals surface area contributed by atoms with Gasteiger partial charge in [0.25, 0.3) is 0 Å². The van der Waals surface area contributed by atoms with Gasteiger partial charge in [-0.1, -0.05) is 11.2 Å². The summed E-state index contributed by atoms with van der Waals surface area (Å²) in [5.41, 5.74) is 2.63. The Bertz CT molecular complexity index is 1890. The first-order valence-electron chi connectivity index (χ1n) is 14.0. The highest BCUT2D eigenvalue weighted by Crippen LogP contribution is 2.42. The summed E-state index contributed by atoms with van der Waals surface area (Å²) >= 11 is 0. The molecule has 0 unspecified atom stereocenters. The van der Waals surface area contributed by atoms with E-state index in [1.807, 2.05) is 6.07 Å². The second-order valence-corrected chi connectivity index (χ2v) is 11.1. The molecule has 3 aromatic carbocycles. The largest absolute Gasteiger partial charge is 0.418 e. The van der Waals surface area contributed by atoms with Crippen molar-refractivity contribution in [1.29, 1.82) is 0 Å². The molecule has 44 heavy (non-hydrogen) atoms. The molecule has 0 bridgehead atoms. The topological polar surface area (TPSA) is 67.4 Å². The molecule has 0 spiro atoms. The van der Waals surface area contributed by atoms with Crippen molar-refractivity contribution in [3.05, 3.63) is 89.1 Å².